The lowest BCUT2D eigenvalue weighted by Gasteiger charge is -2.19. The highest BCUT2D eigenvalue weighted by atomic mass is 16.5. The third-order valence-electron chi connectivity index (χ3n) is 4.37. The molecule has 0 N–H and O–H groups in total. The van der Waals surface area contributed by atoms with Crippen molar-refractivity contribution in [3.8, 4) is 0 Å². The Hall–Kier alpha value is -0.790. The maximum absolute atomic E-state index is 11.2. The van der Waals surface area contributed by atoms with E-state index in [0.717, 1.165) is 18.8 Å². The van der Waals surface area contributed by atoms with Crippen LogP contribution in [0.25, 0.3) is 0 Å². The molecule has 0 aromatic heterocycles. The lowest BCUT2D eigenvalue weighted by atomic mass is 9.87. The molecule has 0 fully saturated rings. The zero-order valence-electron chi connectivity index (χ0n) is 14.7. The average molecular weight is 296 g/mol. The molecule has 2 nitrogen and oxygen atoms in total. The van der Waals surface area contributed by atoms with Crippen LogP contribution in [-0.2, 0) is 9.53 Å². The summed E-state index contributed by atoms with van der Waals surface area (Å²) in [5, 5.41) is 0. The Morgan fingerprint density at radius 2 is 1.48 bits per heavy atom. The number of hydrogen-bond donors (Lipinski definition) is 0. The largest absolute Gasteiger partial charge is 0.462 e. The second-order valence-corrected chi connectivity index (χ2v) is 6.57. The molecule has 0 radical (unpaired) electrons. The van der Waals surface area contributed by atoms with Gasteiger partial charge < -0.3 is 4.74 Å². The zero-order chi connectivity index (χ0) is 16.1. The van der Waals surface area contributed by atoms with Crippen molar-refractivity contribution in [2.75, 3.05) is 6.61 Å². The molecule has 2 unspecified atom stereocenters. The molecule has 0 amide bonds. The van der Waals surface area contributed by atoms with Crippen molar-refractivity contribution in [3.63, 3.8) is 0 Å². The highest BCUT2D eigenvalue weighted by Gasteiger charge is 2.12. The molecule has 0 saturated heterocycles. The zero-order valence-corrected chi connectivity index (χ0v) is 14.7. The predicted molar refractivity (Wildman–Crippen MR) is 91.3 cm³/mol. The fraction of sp³-hybridized carbons (Fsp3) is 0.842. The lowest BCUT2D eigenvalue weighted by molar-refractivity contribution is -0.139. The Labute approximate surface area is 132 Å². The quantitative estimate of drug-likeness (QED) is 0.240. The van der Waals surface area contributed by atoms with Gasteiger partial charge in [-0.3, -0.25) is 0 Å². The molecule has 124 valence electrons. The Morgan fingerprint density at radius 1 is 0.952 bits per heavy atom. The van der Waals surface area contributed by atoms with Gasteiger partial charge in [-0.25, -0.2) is 4.79 Å². The minimum Gasteiger partial charge on any atom is -0.462 e. The minimum absolute atomic E-state index is 0.261. The topological polar surface area (TPSA) is 26.3 Å². The molecule has 0 bridgehead atoms. The van der Waals surface area contributed by atoms with E-state index in [1.165, 1.54) is 44.9 Å². The van der Waals surface area contributed by atoms with E-state index < -0.39 is 0 Å². The molecular formula is C19H36O2. The third-order valence-corrected chi connectivity index (χ3v) is 4.37. The predicted octanol–water partition coefficient (Wildman–Crippen LogP) is 5.91. The van der Waals surface area contributed by atoms with Gasteiger partial charge in [-0.2, -0.15) is 0 Å². The van der Waals surface area contributed by atoms with Gasteiger partial charge in [0.05, 0.1) is 6.61 Å². The van der Waals surface area contributed by atoms with Crippen molar-refractivity contribution in [2.24, 2.45) is 11.8 Å². The van der Waals surface area contributed by atoms with E-state index in [-0.39, 0.29) is 5.97 Å². The summed E-state index contributed by atoms with van der Waals surface area (Å²) in [5.41, 5.74) is 0.486. The first-order valence-corrected chi connectivity index (χ1v) is 8.81. The Bertz CT molecular complexity index is 283. The summed E-state index contributed by atoms with van der Waals surface area (Å²) in [7, 11) is 0. The van der Waals surface area contributed by atoms with Gasteiger partial charge in [-0.05, 0) is 31.6 Å². The van der Waals surface area contributed by atoms with Crippen LogP contribution in [0.3, 0.4) is 0 Å². The number of esters is 1. The molecule has 0 rings (SSSR count). The SMILES string of the molecule is C=C(C)C(=O)OCCCC(C)C(C)CCCCCCCC. The van der Waals surface area contributed by atoms with Crippen LogP contribution in [0.5, 0.6) is 0 Å². The molecule has 21 heavy (non-hydrogen) atoms. The highest BCUT2D eigenvalue weighted by Crippen LogP contribution is 2.23. The molecule has 0 aliphatic heterocycles. The second-order valence-electron chi connectivity index (χ2n) is 6.57. The lowest BCUT2D eigenvalue weighted by Crippen LogP contribution is -2.11. The van der Waals surface area contributed by atoms with Gasteiger partial charge in [0, 0.05) is 5.57 Å². The molecule has 2 heteroatoms. The molecule has 0 aliphatic rings. The molecule has 0 spiro atoms. The first kappa shape index (κ1) is 20.2. The number of hydrogen-bond acceptors (Lipinski definition) is 2. The highest BCUT2D eigenvalue weighted by molar-refractivity contribution is 5.86. The number of rotatable bonds is 13. The fourth-order valence-corrected chi connectivity index (χ4v) is 2.51. The summed E-state index contributed by atoms with van der Waals surface area (Å²) in [6.45, 7) is 12.7. The first-order chi connectivity index (χ1) is 9.99. The van der Waals surface area contributed by atoms with Crippen molar-refractivity contribution in [1.82, 2.24) is 0 Å². The smallest absolute Gasteiger partial charge is 0.333 e. The molecule has 2 atom stereocenters. The van der Waals surface area contributed by atoms with E-state index in [9.17, 15) is 4.79 Å². The number of carbonyl (C=O) groups is 1. The van der Waals surface area contributed by atoms with Crippen molar-refractivity contribution >= 4 is 5.97 Å². The molecule has 0 aromatic rings. The normalized spacial score (nSPS) is 13.7. The monoisotopic (exact) mass is 296 g/mol. The number of ether oxygens (including phenoxy) is 1. The van der Waals surface area contributed by atoms with E-state index in [0.29, 0.717) is 18.1 Å². The van der Waals surface area contributed by atoms with E-state index in [1.54, 1.807) is 6.92 Å². The Kier molecular flexibility index (Phi) is 12.4. The van der Waals surface area contributed by atoms with E-state index >= 15 is 0 Å². The summed E-state index contributed by atoms with van der Waals surface area (Å²) >= 11 is 0. The Morgan fingerprint density at radius 3 is 2.05 bits per heavy atom. The van der Waals surface area contributed by atoms with Crippen LogP contribution in [0.15, 0.2) is 12.2 Å². The van der Waals surface area contributed by atoms with E-state index in [1.807, 2.05) is 0 Å². The first-order valence-electron chi connectivity index (χ1n) is 8.81. The van der Waals surface area contributed by atoms with Crippen LogP contribution in [0.1, 0.15) is 85.5 Å². The van der Waals surface area contributed by atoms with Gasteiger partial charge in [0.1, 0.15) is 0 Å². The summed E-state index contributed by atoms with van der Waals surface area (Å²) in [6.07, 6.45) is 11.7. The summed E-state index contributed by atoms with van der Waals surface area (Å²) in [4.78, 5) is 11.2. The van der Waals surface area contributed by atoms with Gasteiger partial charge in [-0.15, -0.1) is 0 Å². The van der Waals surface area contributed by atoms with Gasteiger partial charge >= 0.3 is 5.97 Å². The van der Waals surface area contributed by atoms with Crippen molar-refractivity contribution < 1.29 is 9.53 Å². The molecular weight excluding hydrogens is 260 g/mol. The fourth-order valence-electron chi connectivity index (χ4n) is 2.51. The molecule has 0 aromatic carbocycles. The van der Waals surface area contributed by atoms with Crippen LogP contribution in [0.4, 0.5) is 0 Å². The van der Waals surface area contributed by atoms with Crippen molar-refractivity contribution in [3.05, 3.63) is 12.2 Å². The maximum Gasteiger partial charge on any atom is 0.333 e. The summed E-state index contributed by atoms with van der Waals surface area (Å²) in [6, 6.07) is 0. The van der Waals surface area contributed by atoms with Crippen molar-refractivity contribution in [1.29, 1.82) is 0 Å². The molecule has 0 heterocycles. The third kappa shape index (κ3) is 11.5. The van der Waals surface area contributed by atoms with Gasteiger partial charge in [0.15, 0.2) is 0 Å². The van der Waals surface area contributed by atoms with E-state index in [2.05, 4.69) is 27.4 Å². The summed E-state index contributed by atoms with van der Waals surface area (Å²) in [5.74, 6) is 1.22. The van der Waals surface area contributed by atoms with Gasteiger partial charge in [-0.1, -0.05) is 72.3 Å². The molecule has 0 aliphatic carbocycles. The number of carbonyl (C=O) groups excluding carboxylic acids is 1. The Balaban J connectivity index is 3.54. The van der Waals surface area contributed by atoms with Crippen LogP contribution < -0.4 is 0 Å². The maximum atomic E-state index is 11.2. The van der Waals surface area contributed by atoms with Crippen LogP contribution in [0, 0.1) is 11.8 Å². The number of unbranched alkanes of at least 4 members (excludes halogenated alkanes) is 5. The minimum atomic E-state index is -0.261. The van der Waals surface area contributed by atoms with Crippen molar-refractivity contribution in [2.45, 2.75) is 85.5 Å². The standard InChI is InChI=1S/C19H36O2/c1-6-7-8-9-10-11-13-17(4)18(5)14-12-15-21-19(20)16(2)3/h17-18H,2,6-15H2,1,3-5H3. The van der Waals surface area contributed by atoms with Gasteiger partial charge in [0.2, 0.25) is 0 Å². The van der Waals surface area contributed by atoms with E-state index in [4.69, 9.17) is 4.74 Å². The van der Waals surface area contributed by atoms with Gasteiger partial charge in [0.25, 0.3) is 0 Å². The molecule has 0 saturated carbocycles. The van der Waals surface area contributed by atoms with Crippen LogP contribution >= 0.6 is 0 Å². The van der Waals surface area contributed by atoms with Crippen LogP contribution in [0.2, 0.25) is 0 Å². The summed E-state index contributed by atoms with van der Waals surface area (Å²) < 4.78 is 5.13. The second kappa shape index (κ2) is 12.9. The average Bonchev–Trinajstić information content (AvgIpc) is 2.46. The van der Waals surface area contributed by atoms with Crippen LogP contribution in [-0.4, -0.2) is 12.6 Å².